The molecule has 102 valence electrons. The van der Waals surface area contributed by atoms with Crippen LogP contribution < -0.4 is 5.32 Å². The number of halogens is 1. The van der Waals surface area contributed by atoms with Gasteiger partial charge in [0.1, 0.15) is 5.82 Å². The second-order valence-corrected chi connectivity index (χ2v) is 4.86. The standard InChI is InChI=1S/C14H19FN4/c1-9(12-5-13(15)7-16-6-12)18-10(2)14-8-17-19(4)11(14)3/h5-10,18H,1-4H3. The molecule has 2 atom stereocenters. The zero-order valence-corrected chi connectivity index (χ0v) is 11.7. The molecule has 0 amide bonds. The van der Waals surface area contributed by atoms with E-state index < -0.39 is 0 Å². The molecule has 2 unspecified atom stereocenters. The van der Waals surface area contributed by atoms with Crippen LogP contribution in [0, 0.1) is 12.7 Å². The molecule has 1 N–H and O–H groups in total. The lowest BCUT2D eigenvalue weighted by atomic mass is 10.1. The summed E-state index contributed by atoms with van der Waals surface area (Å²) < 4.78 is 15.0. The Morgan fingerprint density at radius 1 is 1.21 bits per heavy atom. The lowest BCUT2D eigenvalue weighted by molar-refractivity contribution is 0.488. The highest BCUT2D eigenvalue weighted by atomic mass is 19.1. The van der Waals surface area contributed by atoms with Crippen LogP contribution in [0.4, 0.5) is 4.39 Å². The van der Waals surface area contributed by atoms with Gasteiger partial charge >= 0.3 is 0 Å². The van der Waals surface area contributed by atoms with Gasteiger partial charge in [-0.05, 0) is 32.4 Å². The van der Waals surface area contributed by atoms with Crippen molar-refractivity contribution >= 4 is 0 Å². The maximum atomic E-state index is 13.2. The van der Waals surface area contributed by atoms with Crippen molar-refractivity contribution in [3.05, 3.63) is 47.3 Å². The van der Waals surface area contributed by atoms with Gasteiger partial charge in [0.15, 0.2) is 0 Å². The van der Waals surface area contributed by atoms with Gasteiger partial charge in [0.2, 0.25) is 0 Å². The molecule has 0 aliphatic heterocycles. The number of rotatable bonds is 4. The van der Waals surface area contributed by atoms with Crippen molar-refractivity contribution in [2.45, 2.75) is 32.9 Å². The topological polar surface area (TPSA) is 42.7 Å². The van der Waals surface area contributed by atoms with Gasteiger partial charge in [-0.25, -0.2) is 4.39 Å². The van der Waals surface area contributed by atoms with Crippen LogP contribution in [0.5, 0.6) is 0 Å². The Kier molecular flexibility index (Phi) is 3.95. The maximum absolute atomic E-state index is 13.2. The minimum atomic E-state index is -0.309. The molecule has 0 aromatic carbocycles. The van der Waals surface area contributed by atoms with E-state index in [9.17, 15) is 4.39 Å². The molecule has 0 radical (unpaired) electrons. The Morgan fingerprint density at radius 2 is 1.95 bits per heavy atom. The van der Waals surface area contributed by atoms with E-state index in [0.717, 1.165) is 16.8 Å². The van der Waals surface area contributed by atoms with Crippen LogP contribution in [0.3, 0.4) is 0 Å². The average Bonchev–Trinajstić information content (AvgIpc) is 2.70. The van der Waals surface area contributed by atoms with Crippen LogP contribution in [0.25, 0.3) is 0 Å². The molecule has 2 aromatic rings. The molecule has 2 heterocycles. The van der Waals surface area contributed by atoms with Gasteiger partial charge in [0, 0.05) is 36.6 Å². The summed E-state index contributed by atoms with van der Waals surface area (Å²) in [6.45, 7) is 6.11. The van der Waals surface area contributed by atoms with E-state index in [4.69, 9.17) is 0 Å². The highest BCUT2D eigenvalue weighted by Crippen LogP contribution is 2.21. The third-order valence-electron chi connectivity index (χ3n) is 3.47. The smallest absolute Gasteiger partial charge is 0.141 e. The van der Waals surface area contributed by atoms with Crippen LogP contribution in [-0.2, 0) is 7.05 Å². The van der Waals surface area contributed by atoms with Crippen molar-refractivity contribution < 1.29 is 4.39 Å². The predicted molar refractivity (Wildman–Crippen MR) is 72.1 cm³/mol. The average molecular weight is 262 g/mol. The lowest BCUT2D eigenvalue weighted by Gasteiger charge is -2.20. The maximum Gasteiger partial charge on any atom is 0.141 e. The molecular weight excluding hydrogens is 243 g/mol. The van der Waals surface area contributed by atoms with Gasteiger partial charge in [-0.3, -0.25) is 9.67 Å². The number of nitrogens with one attached hydrogen (secondary N) is 1. The predicted octanol–water partition coefficient (Wildman–Crippen LogP) is 2.67. The van der Waals surface area contributed by atoms with E-state index in [-0.39, 0.29) is 17.9 Å². The van der Waals surface area contributed by atoms with Gasteiger partial charge in [-0.2, -0.15) is 5.10 Å². The zero-order chi connectivity index (χ0) is 14.0. The number of hydrogen-bond donors (Lipinski definition) is 1. The Hall–Kier alpha value is -1.75. The Labute approximate surface area is 112 Å². The van der Waals surface area contributed by atoms with Gasteiger partial charge in [-0.15, -0.1) is 0 Å². The quantitative estimate of drug-likeness (QED) is 0.921. The first kappa shape index (κ1) is 13.7. The molecule has 0 saturated heterocycles. The van der Waals surface area contributed by atoms with E-state index in [1.807, 2.05) is 31.8 Å². The van der Waals surface area contributed by atoms with Crippen molar-refractivity contribution in [2.75, 3.05) is 0 Å². The fraction of sp³-hybridized carbons (Fsp3) is 0.429. The van der Waals surface area contributed by atoms with Crippen LogP contribution in [-0.4, -0.2) is 14.8 Å². The molecule has 0 aliphatic carbocycles. The summed E-state index contributed by atoms with van der Waals surface area (Å²) in [7, 11) is 1.92. The van der Waals surface area contributed by atoms with Gasteiger partial charge in [-0.1, -0.05) is 0 Å². The number of aromatic nitrogens is 3. The molecular formula is C14H19FN4. The summed E-state index contributed by atoms with van der Waals surface area (Å²) in [5.41, 5.74) is 3.12. The van der Waals surface area contributed by atoms with E-state index in [1.54, 1.807) is 6.20 Å². The molecule has 5 heteroatoms. The van der Waals surface area contributed by atoms with E-state index >= 15 is 0 Å². The Morgan fingerprint density at radius 3 is 2.53 bits per heavy atom. The fourth-order valence-corrected chi connectivity index (χ4v) is 2.17. The van der Waals surface area contributed by atoms with Gasteiger partial charge < -0.3 is 5.32 Å². The summed E-state index contributed by atoms with van der Waals surface area (Å²) in [6.07, 6.45) is 4.76. The number of pyridine rings is 1. The molecule has 0 bridgehead atoms. The molecule has 0 aliphatic rings. The lowest BCUT2D eigenvalue weighted by Crippen LogP contribution is -2.23. The Balaban J connectivity index is 2.10. The normalized spacial score (nSPS) is 14.4. The van der Waals surface area contributed by atoms with Crippen molar-refractivity contribution in [3.63, 3.8) is 0 Å². The van der Waals surface area contributed by atoms with Crippen molar-refractivity contribution in [3.8, 4) is 0 Å². The minimum Gasteiger partial charge on any atom is -0.303 e. The summed E-state index contributed by atoms with van der Waals surface area (Å²) in [6, 6.07) is 1.68. The minimum absolute atomic E-state index is 0.0257. The number of hydrogen-bond acceptors (Lipinski definition) is 3. The van der Waals surface area contributed by atoms with Gasteiger partial charge in [0.05, 0.1) is 12.4 Å². The van der Waals surface area contributed by atoms with Crippen molar-refractivity contribution in [2.24, 2.45) is 7.05 Å². The number of aryl methyl sites for hydroxylation is 1. The summed E-state index contributed by atoms with van der Waals surface area (Å²) in [4.78, 5) is 3.88. The third kappa shape index (κ3) is 2.98. The first-order chi connectivity index (χ1) is 8.99. The molecule has 19 heavy (non-hydrogen) atoms. The van der Waals surface area contributed by atoms with Crippen LogP contribution in [0.2, 0.25) is 0 Å². The zero-order valence-electron chi connectivity index (χ0n) is 11.7. The largest absolute Gasteiger partial charge is 0.303 e. The van der Waals surface area contributed by atoms with E-state index in [0.29, 0.717) is 0 Å². The third-order valence-corrected chi connectivity index (χ3v) is 3.47. The highest BCUT2D eigenvalue weighted by Gasteiger charge is 2.15. The molecule has 2 aromatic heterocycles. The van der Waals surface area contributed by atoms with Crippen molar-refractivity contribution in [1.82, 2.24) is 20.1 Å². The molecule has 2 rings (SSSR count). The first-order valence-electron chi connectivity index (χ1n) is 6.34. The van der Waals surface area contributed by atoms with Crippen LogP contribution in [0.15, 0.2) is 24.7 Å². The molecule has 4 nitrogen and oxygen atoms in total. The van der Waals surface area contributed by atoms with Gasteiger partial charge in [0.25, 0.3) is 0 Å². The van der Waals surface area contributed by atoms with Crippen LogP contribution in [0.1, 0.15) is 42.8 Å². The molecule has 0 spiro atoms. The second kappa shape index (κ2) is 5.48. The van der Waals surface area contributed by atoms with E-state index in [1.165, 1.54) is 12.3 Å². The SMILES string of the molecule is Cc1c(C(C)NC(C)c2cncc(F)c2)cnn1C. The summed E-state index contributed by atoms with van der Waals surface area (Å²) in [5, 5.41) is 7.67. The van der Waals surface area contributed by atoms with Crippen molar-refractivity contribution in [1.29, 1.82) is 0 Å². The summed E-state index contributed by atoms with van der Waals surface area (Å²) in [5.74, 6) is -0.309. The molecule has 0 fully saturated rings. The first-order valence-corrected chi connectivity index (χ1v) is 6.34. The van der Waals surface area contributed by atoms with Crippen LogP contribution >= 0.6 is 0 Å². The Bertz CT molecular complexity index is 564. The highest BCUT2D eigenvalue weighted by molar-refractivity contribution is 5.21. The molecule has 0 saturated carbocycles. The fourth-order valence-electron chi connectivity index (χ4n) is 2.17. The van der Waals surface area contributed by atoms with E-state index in [2.05, 4.69) is 22.3 Å². The second-order valence-electron chi connectivity index (χ2n) is 4.86. The summed E-state index contributed by atoms with van der Waals surface area (Å²) >= 11 is 0. The number of nitrogens with zero attached hydrogens (tertiary/aromatic N) is 3. The monoisotopic (exact) mass is 262 g/mol.